The molecule has 5 rings (SSSR count). The zero-order valence-corrected chi connectivity index (χ0v) is 80.8. The van der Waals surface area contributed by atoms with E-state index in [1.807, 2.05) is 60.3 Å². The Morgan fingerprint density at radius 2 is 1.06 bits per heavy atom. The summed E-state index contributed by atoms with van der Waals surface area (Å²) >= 11 is 6.63. The van der Waals surface area contributed by atoms with Crippen LogP contribution in [0, 0.1) is 53.1 Å². The van der Waals surface area contributed by atoms with Crippen molar-refractivity contribution in [2.45, 2.75) is 261 Å². The van der Waals surface area contributed by atoms with Gasteiger partial charge in [-0.25, -0.2) is 13.8 Å². The SMILES string of the molecule is C=CC(=O)N1CCN(c2nc(NCCC(=O)NCCCCCCNC(=O)CCC[C@@H](C)[C@@H](O)C3C(=O)N[C@@H](CC)C(=O)N(C)CC(=O)N(C)[C@@H](CC(C)C)C(=O)N[C@@H](C(C)C)C(=O)N(C)[C@@H](CC(C)C)C(=O)N[C@@H](C)C(=O)N[C@H](C)C(=O)N(C)[C@@H](CC(C)C)C(=O)N(C)[C@@H](CC(C)C)C(=O)N(C)[C@@H](C(C)C)C(=O)N3C)nc3c(F)c(-c4c(O)cccc4F)c(Cl)cc23)CC1. The van der Waals surface area contributed by atoms with Gasteiger partial charge in [-0.15, -0.1) is 0 Å². The van der Waals surface area contributed by atoms with E-state index in [0.29, 0.717) is 65.0 Å². The molecule has 37 heteroatoms. The van der Waals surface area contributed by atoms with Gasteiger partial charge in [-0.2, -0.15) is 4.98 Å². The number of carbonyl (C=O) groups is 14. The predicted octanol–water partition coefficient (Wildman–Crippen LogP) is 6.85. The first-order chi connectivity index (χ1) is 60.4. The van der Waals surface area contributed by atoms with Crippen LogP contribution in [0.1, 0.15) is 194 Å². The lowest BCUT2D eigenvalue weighted by atomic mass is 9.90. The van der Waals surface area contributed by atoms with E-state index in [9.17, 15) is 58.2 Å². The van der Waals surface area contributed by atoms with Crippen molar-refractivity contribution in [2.24, 2.45) is 41.4 Å². The average Bonchev–Trinajstić information content (AvgIpc) is 0.746. The summed E-state index contributed by atoms with van der Waals surface area (Å²) < 4.78 is 31.9. The molecule has 129 heavy (non-hydrogen) atoms. The molecule has 2 aliphatic heterocycles. The molecular weight excluding hydrogens is 1690 g/mol. The van der Waals surface area contributed by atoms with Crippen LogP contribution in [-0.4, -0.2) is 310 Å². The maximum atomic E-state index is 16.7. The molecule has 3 heterocycles. The number of nitrogens with zero attached hydrogens (tertiary/aromatic N) is 11. The number of phenolic OH excluding ortho intramolecular Hbond substituents is 1. The van der Waals surface area contributed by atoms with Crippen LogP contribution < -0.4 is 42.1 Å². The predicted molar refractivity (Wildman–Crippen MR) is 491 cm³/mol. The minimum absolute atomic E-state index is 0.00578. The van der Waals surface area contributed by atoms with E-state index in [2.05, 4.69) is 53.8 Å². The zero-order chi connectivity index (χ0) is 97.2. The molecular formula is C92H145ClF2N18O16. The number of aromatic nitrogens is 2. The minimum atomic E-state index is -1.78. The summed E-state index contributed by atoms with van der Waals surface area (Å²) in [4.78, 5) is 223. The molecule has 0 bridgehead atoms. The van der Waals surface area contributed by atoms with Crippen LogP contribution in [-0.2, 0) is 67.1 Å². The molecule has 0 radical (unpaired) electrons. The van der Waals surface area contributed by atoms with Crippen LogP contribution in [0.5, 0.6) is 5.75 Å². The smallest absolute Gasteiger partial charge is 0.246 e. The first-order valence-electron chi connectivity index (χ1n) is 45.3. The van der Waals surface area contributed by atoms with Crippen LogP contribution in [0.25, 0.3) is 22.0 Å². The number of carbonyl (C=O) groups excluding carboxylic acids is 14. The molecule has 1 unspecified atom stereocenters. The molecule has 0 spiro atoms. The highest BCUT2D eigenvalue weighted by atomic mass is 35.5. The number of nitrogens with one attached hydrogen (secondary N) is 7. The van der Waals surface area contributed by atoms with Crippen LogP contribution in [0.15, 0.2) is 36.9 Å². The highest BCUT2D eigenvalue weighted by molar-refractivity contribution is 6.34. The summed E-state index contributed by atoms with van der Waals surface area (Å²) in [6, 6.07) is -8.21. The minimum Gasteiger partial charge on any atom is -0.507 e. The van der Waals surface area contributed by atoms with Crippen LogP contribution >= 0.6 is 11.6 Å². The number of aromatic hydroxyl groups is 1. The van der Waals surface area contributed by atoms with Gasteiger partial charge in [-0.3, -0.25) is 67.1 Å². The third-order valence-electron chi connectivity index (χ3n) is 23.9. The molecule has 9 N–H and O–H groups in total. The lowest BCUT2D eigenvalue weighted by molar-refractivity contribution is -0.157. The van der Waals surface area contributed by atoms with Gasteiger partial charge in [0.15, 0.2) is 5.82 Å². The molecule has 3 aromatic rings. The fourth-order valence-electron chi connectivity index (χ4n) is 16.2. The van der Waals surface area contributed by atoms with E-state index in [1.165, 1.54) is 112 Å². The Bertz CT molecular complexity index is 4390. The Kier molecular flexibility index (Phi) is 42.9. The van der Waals surface area contributed by atoms with Crippen molar-refractivity contribution < 1.29 is 86.1 Å². The van der Waals surface area contributed by atoms with Gasteiger partial charge in [-0.1, -0.05) is 134 Å². The number of hydrogen-bond acceptors (Lipinski definition) is 20. The topological polar surface area (TPSA) is 419 Å². The van der Waals surface area contributed by atoms with Crippen molar-refractivity contribution >= 4 is 117 Å². The summed E-state index contributed by atoms with van der Waals surface area (Å²) in [6.45, 7) is 32.5. The van der Waals surface area contributed by atoms with E-state index >= 15 is 28.0 Å². The number of hydrogen-bond donors (Lipinski definition) is 9. The molecule has 1 aromatic heterocycles. The Morgan fingerprint density at radius 1 is 0.558 bits per heavy atom. The zero-order valence-electron chi connectivity index (χ0n) is 80.0. The standard InChI is InChI=1S/C92H145ClF2N18O16/c1-25-63-87(125)105(18)50-72(118)106(19)64(45-51(3)4)84(122)102-76(55(11)12)90(128)107(20)65(46-52(5)6)83(121)99-58(16)82(120)100-59(17)86(124)108(21)66(47-53(7)8)88(126)109(22)67(48-54(9)10)89(127)110(23)78(56(13)14)91(129)111(24)79(85(123)101-63)80(119)57(15)33-31-36-69(115)96-38-29-27-28-30-39-97-70(116)37-40-98-92-103-77-60(81(104-92)113-43-41-112(42-44-113)71(117)26-2)49-61(93)73(75(77)95)74-62(94)34-32-35-68(74)114/h26,32,34-35,49,51-59,63-67,76,78-80,114,119H,2,25,27-31,33,36-48,50H2,1,3-24H3,(H,96,115)(H,97,116)(H,99,121)(H,100,120)(H,101,123)(H,102,122)(H,98,103,104)/t57-,58+,59-,63+,64+,65+,66+,67+,76+,78+,79?,80-/m1/s1. The second-order valence-electron chi connectivity index (χ2n) is 36.9. The number of unbranched alkanes of at least 4 members (excludes halogenated alkanes) is 3. The Balaban J connectivity index is 1.35. The van der Waals surface area contributed by atoms with Gasteiger partial charge in [0.05, 0.1) is 23.2 Å². The average molecular weight is 1830 g/mol. The second-order valence-corrected chi connectivity index (χ2v) is 37.3. The molecule has 2 aliphatic rings. The van der Waals surface area contributed by atoms with E-state index < -0.39 is 184 Å². The quantitative estimate of drug-likeness (QED) is 0.0235. The molecule has 0 aliphatic carbocycles. The largest absolute Gasteiger partial charge is 0.507 e. The van der Waals surface area contributed by atoms with Gasteiger partial charge < -0.3 is 91.5 Å². The van der Waals surface area contributed by atoms with Gasteiger partial charge in [0, 0.05) is 119 Å². The van der Waals surface area contributed by atoms with Crippen molar-refractivity contribution in [3.63, 3.8) is 0 Å². The summed E-state index contributed by atoms with van der Waals surface area (Å²) in [6.07, 6.45) is 2.80. The highest BCUT2D eigenvalue weighted by Gasteiger charge is 2.47. The first kappa shape index (κ1) is 109. The number of aliphatic hydroxyl groups excluding tert-OH is 1. The van der Waals surface area contributed by atoms with E-state index in [0.717, 1.165) is 15.9 Å². The number of phenols is 1. The van der Waals surface area contributed by atoms with Gasteiger partial charge in [0.25, 0.3) is 0 Å². The normalized spacial score (nSPS) is 22.3. The van der Waals surface area contributed by atoms with Gasteiger partial charge in [0.2, 0.25) is 88.6 Å². The number of piperazine rings is 1. The number of halogens is 3. The fraction of sp³-hybridized carbons (Fsp3) is 0.674. The second kappa shape index (κ2) is 50.7. The molecule has 2 saturated heterocycles. The van der Waals surface area contributed by atoms with Crippen molar-refractivity contribution in [1.82, 2.24) is 81.1 Å². The monoisotopic (exact) mass is 1830 g/mol. The Morgan fingerprint density at radius 3 is 1.59 bits per heavy atom. The Hall–Kier alpha value is -10.4. The third kappa shape index (κ3) is 30.1. The van der Waals surface area contributed by atoms with E-state index in [-0.39, 0.29) is 133 Å². The van der Waals surface area contributed by atoms with E-state index in [4.69, 9.17) is 11.6 Å². The van der Waals surface area contributed by atoms with Crippen molar-refractivity contribution in [1.29, 1.82) is 0 Å². The number of fused-ring (bicyclic) bond motifs is 1. The summed E-state index contributed by atoms with van der Waals surface area (Å²) in [5.41, 5.74) is -1.08. The summed E-state index contributed by atoms with van der Waals surface area (Å²) in [5, 5.41) is 43.0. The molecule has 2 fully saturated rings. The molecule has 720 valence electrons. The number of benzene rings is 2. The number of anilines is 2. The van der Waals surface area contributed by atoms with Crippen molar-refractivity contribution in [3.05, 3.63) is 53.6 Å². The van der Waals surface area contributed by atoms with Crippen molar-refractivity contribution in [2.75, 3.05) is 112 Å². The van der Waals surface area contributed by atoms with Crippen LogP contribution in [0.2, 0.25) is 5.02 Å². The number of likely N-dealkylation sites (N-methyl/N-ethyl adjacent to an activating group) is 7. The van der Waals surface area contributed by atoms with Gasteiger partial charge >= 0.3 is 0 Å². The highest BCUT2D eigenvalue weighted by Crippen LogP contribution is 2.43. The Labute approximate surface area is 765 Å². The fourth-order valence-corrected chi connectivity index (χ4v) is 16.5. The maximum absolute atomic E-state index is 16.7. The van der Waals surface area contributed by atoms with Gasteiger partial charge in [0.1, 0.15) is 83.3 Å². The molecule has 12 atom stereocenters. The number of rotatable bonds is 31. The molecule has 34 nitrogen and oxygen atoms in total. The maximum Gasteiger partial charge on any atom is 0.246 e. The van der Waals surface area contributed by atoms with Crippen LogP contribution in [0.4, 0.5) is 20.5 Å². The number of aliphatic hydroxyl groups is 1. The third-order valence-corrected chi connectivity index (χ3v) is 24.2. The van der Waals surface area contributed by atoms with E-state index in [1.54, 1.807) is 46.4 Å². The van der Waals surface area contributed by atoms with Gasteiger partial charge in [-0.05, 0) is 137 Å². The lowest BCUT2D eigenvalue weighted by Crippen LogP contribution is -2.63. The van der Waals surface area contributed by atoms with Crippen LogP contribution in [0.3, 0.4) is 0 Å². The molecule has 2 aromatic carbocycles. The lowest BCUT2D eigenvalue weighted by Gasteiger charge is -2.41. The summed E-state index contributed by atoms with van der Waals surface area (Å²) in [7, 11) is 9.68. The number of amides is 14. The summed E-state index contributed by atoms with van der Waals surface area (Å²) in [5.74, 6) is -14.0. The molecule has 14 amide bonds. The molecule has 0 saturated carbocycles. The first-order valence-corrected chi connectivity index (χ1v) is 45.7. The van der Waals surface area contributed by atoms with Crippen molar-refractivity contribution in [3.8, 4) is 16.9 Å².